The van der Waals surface area contributed by atoms with Crippen LogP contribution in [-0.4, -0.2) is 16.6 Å². The second-order valence-corrected chi connectivity index (χ2v) is 8.28. The average molecular weight is 377 g/mol. The SMILES string of the molecule is CCN(Cc1ccccc1)Cc1cccc(C)c1Pc1cccc(C)c1O. The van der Waals surface area contributed by atoms with Crippen molar-refractivity contribution in [1.82, 2.24) is 4.90 Å². The van der Waals surface area contributed by atoms with Gasteiger partial charge in [0.2, 0.25) is 0 Å². The molecule has 0 aliphatic carbocycles. The maximum Gasteiger partial charge on any atom is 0.126 e. The molecule has 2 nitrogen and oxygen atoms in total. The van der Waals surface area contributed by atoms with Gasteiger partial charge in [-0.2, -0.15) is 0 Å². The number of benzene rings is 3. The number of aryl methyl sites for hydroxylation is 2. The third-order valence-corrected chi connectivity index (χ3v) is 6.58. The molecule has 0 saturated heterocycles. The van der Waals surface area contributed by atoms with Crippen molar-refractivity contribution < 1.29 is 5.11 Å². The lowest BCUT2D eigenvalue weighted by Gasteiger charge is -2.23. The topological polar surface area (TPSA) is 23.5 Å². The number of aromatic hydroxyl groups is 1. The highest BCUT2D eigenvalue weighted by molar-refractivity contribution is 7.56. The fourth-order valence-corrected chi connectivity index (χ4v) is 4.66. The van der Waals surface area contributed by atoms with Gasteiger partial charge in [0.15, 0.2) is 0 Å². The van der Waals surface area contributed by atoms with Crippen LogP contribution in [0.5, 0.6) is 5.75 Å². The molecule has 1 unspecified atom stereocenters. The summed E-state index contributed by atoms with van der Waals surface area (Å²) in [6.07, 6.45) is 0. The van der Waals surface area contributed by atoms with Crippen LogP contribution in [0, 0.1) is 13.8 Å². The van der Waals surface area contributed by atoms with Crippen LogP contribution >= 0.6 is 8.58 Å². The van der Waals surface area contributed by atoms with Gasteiger partial charge in [-0.25, -0.2) is 0 Å². The molecule has 3 rings (SSSR count). The number of hydrogen-bond donors (Lipinski definition) is 1. The van der Waals surface area contributed by atoms with Crippen molar-refractivity contribution in [3.63, 3.8) is 0 Å². The number of phenols is 1. The Hall–Kier alpha value is -2.15. The highest BCUT2D eigenvalue weighted by atomic mass is 31.1. The Morgan fingerprint density at radius 3 is 2.26 bits per heavy atom. The zero-order chi connectivity index (χ0) is 19.2. The first-order valence-corrected chi connectivity index (χ1v) is 10.5. The molecule has 0 saturated carbocycles. The largest absolute Gasteiger partial charge is 0.507 e. The van der Waals surface area contributed by atoms with E-state index in [0.717, 1.165) is 30.5 Å². The quantitative estimate of drug-likeness (QED) is 0.606. The third kappa shape index (κ3) is 4.97. The molecule has 0 aliphatic heterocycles. The molecule has 27 heavy (non-hydrogen) atoms. The van der Waals surface area contributed by atoms with E-state index < -0.39 is 0 Å². The van der Waals surface area contributed by atoms with Crippen LogP contribution < -0.4 is 10.6 Å². The fourth-order valence-electron chi connectivity index (χ4n) is 3.30. The molecule has 0 aromatic heterocycles. The van der Waals surface area contributed by atoms with Crippen LogP contribution in [-0.2, 0) is 13.1 Å². The van der Waals surface area contributed by atoms with E-state index in [1.807, 2.05) is 25.1 Å². The lowest BCUT2D eigenvalue weighted by atomic mass is 10.1. The molecule has 3 aromatic carbocycles. The molecule has 0 aliphatic rings. The molecule has 0 bridgehead atoms. The van der Waals surface area contributed by atoms with Gasteiger partial charge >= 0.3 is 0 Å². The van der Waals surface area contributed by atoms with Crippen molar-refractivity contribution in [3.8, 4) is 5.75 Å². The lowest BCUT2D eigenvalue weighted by molar-refractivity contribution is 0.272. The maximum atomic E-state index is 10.5. The highest BCUT2D eigenvalue weighted by Gasteiger charge is 2.13. The van der Waals surface area contributed by atoms with Crippen LogP contribution in [0.25, 0.3) is 0 Å². The standard InChI is InChI=1S/C24H28NOP/c1-4-25(16-20-12-6-5-7-13-20)17-21-14-8-11-19(3)24(21)27-22-15-9-10-18(2)23(22)26/h5-15,26-27H,4,16-17H2,1-3H3. The van der Waals surface area contributed by atoms with Gasteiger partial charge in [0, 0.05) is 18.4 Å². The predicted molar refractivity (Wildman–Crippen MR) is 118 cm³/mol. The van der Waals surface area contributed by atoms with Gasteiger partial charge in [-0.15, -0.1) is 0 Å². The molecule has 0 amide bonds. The molecule has 3 aromatic rings. The average Bonchev–Trinajstić information content (AvgIpc) is 2.68. The minimum Gasteiger partial charge on any atom is -0.507 e. The van der Waals surface area contributed by atoms with E-state index in [1.165, 1.54) is 22.0 Å². The van der Waals surface area contributed by atoms with E-state index in [1.54, 1.807) is 0 Å². The van der Waals surface area contributed by atoms with Crippen LogP contribution in [0.3, 0.4) is 0 Å². The minimum absolute atomic E-state index is 0.432. The van der Waals surface area contributed by atoms with Crippen LogP contribution in [0.15, 0.2) is 66.7 Å². The third-order valence-electron chi connectivity index (χ3n) is 4.95. The fraction of sp³-hybridized carbons (Fsp3) is 0.250. The first kappa shape index (κ1) is 19.6. The number of phenolic OH excluding ortho intramolecular Hbond substituents is 1. The van der Waals surface area contributed by atoms with Gasteiger partial charge in [0.1, 0.15) is 5.75 Å². The molecule has 0 fully saturated rings. The summed E-state index contributed by atoms with van der Waals surface area (Å²) in [4.78, 5) is 2.47. The summed E-state index contributed by atoms with van der Waals surface area (Å²) >= 11 is 0. The number of para-hydroxylation sites is 1. The van der Waals surface area contributed by atoms with Gasteiger partial charge in [-0.05, 0) is 48.0 Å². The van der Waals surface area contributed by atoms with Crippen LogP contribution in [0.1, 0.15) is 29.2 Å². The predicted octanol–water partition coefficient (Wildman–Crippen LogP) is 4.66. The molecular formula is C24H28NOP. The van der Waals surface area contributed by atoms with Crippen molar-refractivity contribution in [3.05, 3.63) is 89.0 Å². The molecular weight excluding hydrogens is 349 g/mol. The summed E-state index contributed by atoms with van der Waals surface area (Å²) in [6.45, 7) is 9.21. The Morgan fingerprint density at radius 1 is 0.815 bits per heavy atom. The van der Waals surface area contributed by atoms with E-state index in [2.05, 4.69) is 67.3 Å². The lowest BCUT2D eigenvalue weighted by Crippen LogP contribution is -2.26. The minimum atomic E-state index is 0.432. The Morgan fingerprint density at radius 2 is 1.52 bits per heavy atom. The second kappa shape index (κ2) is 9.17. The summed E-state index contributed by atoms with van der Waals surface area (Å²) < 4.78 is 0. The number of nitrogens with zero attached hydrogens (tertiary/aromatic N) is 1. The summed E-state index contributed by atoms with van der Waals surface area (Å²) in [7, 11) is 0.462. The highest BCUT2D eigenvalue weighted by Crippen LogP contribution is 2.25. The van der Waals surface area contributed by atoms with E-state index in [9.17, 15) is 5.11 Å². The zero-order valence-corrected chi connectivity index (χ0v) is 17.4. The van der Waals surface area contributed by atoms with Crippen molar-refractivity contribution >= 4 is 19.2 Å². The number of rotatable bonds is 7. The van der Waals surface area contributed by atoms with Crippen LogP contribution in [0.2, 0.25) is 0 Å². The molecule has 1 atom stereocenters. The Kier molecular flexibility index (Phi) is 6.66. The van der Waals surface area contributed by atoms with Gasteiger partial charge < -0.3 is 5.11 Å². The van der Waals surface area contributed by atoms with Gasteiger partial charge in [-0.1, -0.05) is 82.2 Å². The second-order valence-electron chi connectivity index (χ2n) is 6.99. The van der Waals surface area contributed by atoms with Gasteiger partial charge in [0.25, 0.3) is 0 Å². The molecule has 140 valence electrons. The molecule has 0 heterocycles. The smallest absolute Gasteiger partial charge is 0.126 e. The molecule has 1 N–H and O–H groups in total. The van der Waals surface area contributed by atoms with Crippen molar-refractivity contribution in [2.75, 3.05) is 6.54 Å². The van der Waals surface area contributed by atoms with Crippen molar-refractivity contribution in [2.24, 2.45) is 0 Å². The van der Waals surface area contributed by atoms with E-state index in [0.29, 0.717) is 14.3 Å². The van der Waals surface area contributed by atoms with Crippen molar-refractivity contribution in [1.29, 1.82) is 0 Å². The first-order chi connectivity index (χ1) is 13.1. The van der Waals surface area contributed by atoms with E-state index in [-0.39, 0.29) is 0 Å². The Balaban J connectivity index is 1.85. The van der Waals surface area contributed by atoms with Gasteiger partial charge in [0.05, 0.1) is 0 Å². The van der Waals surface area contributed by atoms with E-state index >= 15 is 0 Å². The van der Waals surface area contributed by atoms with Gasteiger partial charge in [-0.3, -0.25) is 4.90 Å². The monoisotopic (exact) mass is 377 g/mol. The summed E-state index contributed by atoms with van der Waals surface area (Å²) in [5.41, 5.74) is 4.93. The molecule has 0 radical (unpaired) electrons. The van der Waals surface area contributed by atoms with E-state index in [4.69, 9.17) is 0 Å². The molecule has 3 heteroatoms. The maximum absolute atomic E-state index is 10.5. The summed E-state index contributed by atoms with van der Waals surface area (Å²) in [5.74, 6) is 0.432. The molecule has 0 spiro atoms. The van der Waals surface area contributed by atoms with Crippen LogP contribution in [0.4, 0.5) is 0 Å². The normalized spacial score (nSPS) is 11.6. The Bertz CT molecular complexity index is 892. The first-order valence-electron chi connectivity index (χ1n) is 9.49. The Labute approximate surface area is 164 Å². The zero-order valence-electron chi connectivity index (χ0n) is 16.4. The van der Waals surface area contributed by atoms with Crippen molar-refractivity contribution in [2.45, 2.75) is 33.9 Å². The number of hydrogen-bond acceptors (Lipinski definition) is 2. The summed E-state index contributed by atoms with van der Waals surface area (Å²) in [5, 5.41) is 12.8. The summed E-state index contributed by atoms with van der Waals surface area (Å²) in [6, 6.07) is 23.2.